The lowest BCUT2D eigenvalue weighted by Crippen LogP contribution is -2.40. The zero-order chi connectivity index (χ0) is 29.6. The van der Waals surface area contributed by atoms with Gasteiger partial charge in [-0.2, -0.15) is 0 Å². The van der Waals surface area contributed by atoms with E-state index >= 15 is 0 Å². The largest absolute Gasteiger partial charge is 0.497 e. The molecule has 1 atom stereocenters. The Bertz CT molecular complexity index is 1790. The van der Waals surface area contributed by atoms with Crippen molar-refractivity contribution in [3.05, 3.63) is 125 Å². The molecule has 0 fully saturated rings. The third kappa shape index (κ3) is 6.42. The molecule has 0 aliphatic carbocycles. The lowest BCUT2D eigenvalue weighted by molar-refractivity contribution is -0.139. The predicted molar refractivity (Wildman–Crippen MR) is 168 cm³/mol. The van der Waals surface area contributed by atoms with Crippen molar-refractivity contribution in [2.75, 3.05) is 13.7 Å². The molecule has 5 rings (SSSR count). The van der Waals surface area contributed by atoms with E-state index in [9.17, 15) is 9.59 Å². The van der Waals surface area contributed by atoms with E-state index in [0.717, 1.165) is 33.3 Å². The van der Waals surface area contributed by atoms with Crippen LogP contribution in [0.15, 0.2) is 98.3 Å². The molecule has 9 heteroatoms. The van der Waals surface area contributed by atoms with Gasteiger partial charge in [0.05, 0.1) is 35.6 Å². The molecule has 0 saturated heterocycles. The van der Waals surface area contributed by atoms with E-state index in [2.05, 4.69) is 15.9 Å². The van der Waals surface area contributed by atoms with Crippen molar-refractivity contribution in [2.45, 2.75) is 39.3 Å². The van der Waals surface area contributed by atoms with Gasteiger partial charge in [0.25, 0.3) is 5.56 Å². The summed E-state index contributed by atoms with van der Waals surface area (Å²) in [7, 11) is 1.59. The molecule has 0 bridgehead atoms. The lowest BCUT2D eigenvalue weighted by atomic mass is 9.94. The number of rotatable bonds is 10. The zero-order valence-corrected chi connectivity index (χ0v) is 26.0. The molecule has 3 aromatic carbocycles. The Morgan fingerprint density at radius 2 is 1.81 bits per heavy atom. The summed E-state index contributed by atoms with van der Waals surface area (Å²) in [5.41, 5.74) is 3.48. The van der Waals surface area contributed by atoms with Gasteiger partial charge in [-0.1, -0.05) is 77.0 Å². The Morgan fingerprint density at radius 3 is 2.50 bits per heavy atom. The SMILES string of the molecule is CCCC1=C(C(=O)OCC)[C@H](c2cccc(OC)c2)n2c(s/c(=C\c3ccc(OCc4ccc(Br)cc4)cc3)c2=O)=N1. The second-order valence-electron chi connectivity index (χ2n) is 9.67. The van der Waals surface area contributed by atoms with Gasteiger partial charge in [0.2, 0.25) is 0 Å². The first-order valence-electron chi connectivity index (χ1n) is 13.7. The fourth-order valence-corrected chi connectivity index (χ4v) is 6.09. The quantitative estimate of drug-likeness (QED) is 0.200. The van der Waals surface area contributed by atoms with Crippen molar-refractivity contribution in [1.29, 1.82) is 0 Å². The summed E-state index contributed by atoms with van der Waals surface area (Å²) in [4.78, 5) is 32.6. The van der Waals surface area contributed by atoms with Crippen LogP contribution in [0.5, 0.6) is 11.5 Å². The van der Waals surface area contributed by atoms with Crippen molar-refractivity contribution in [2.24, 2.45) is 4.99 Å². The van der Waals surface area contributed by atoms with Crippen LogP contribution in [0.25, 0.3) is 6.08 Å². The van der Waals surface area contributed by atoms with Gasteiger partial charge in [0.1, 0.15) is 18.1 Å². The standard InChI is InChI=1S/C33H31BrN2O5S/c1-4-7-27-29(32(38)40-5-2)30(23-8-6-9-26(19-23)39-3)36-31(37)28(42-33(36)35-27)18-21-12-16-25(17-13-21)41-20-22-10-14-24(34)15-11-22/h6,8-19,30H,4-5,7,20H2,1-3H3/b28-18-/t30-/m0/s1. The summed E-state index contributed by atoms with van der Waals surface area (Å²) in [6.07, 6.45) is 3.22. The van der Waals surface area contributed by atoms with E-state index < -0.39 is 12.0 Å². The molecule has 216 valence electrons. The summed E-state index contributed by atoms with van der Waals surface area (Å²) in [6, 6.07) is 22.3. The Kier molecular flexibility index (Phi) is 9.39. The van der Waals surface area contributed by atoms with Crippen LogP contribution in [0.3, 0.4) is 0 Å². The molecule has 1 aliphatic heterocycles. The van der Waals surface area contributed by atoms with Crippen molar-refractivity contribution in [1.82, 2.24) is 4.57 Å². The number of halogens is 1. The van der Waals surface area contributed by atoms with Crippen LogP contribution in [0, 0.1) is 0 Å². The van der Waals surface area contributed by atoms with E-state index in [4.69, 9.17) is 19.2 Å². The first-order valence-corrected chi connectivity index (χ1v) is 15.4. The van der Waals surface area contributed by atoms with Crippen LogP contribution in [-0.2, 0) is 16.1 Å². The average Bonchev–Trinajstić information content (AvgIpc) is 3.31. The number of carbonyl (C=O) groups is 1. The minimum atomic E-state index is -0.687. The molecule has 0 spiro atoms. The fraction of sp³-hybridized carbons (Fsp3) is 0.242. The highest BCUT2D eigenvalue weighted by atomic mass is 79.9. The average molecular weight is 648 g/mol. The molecular weight excluding hydrogens is 616 g/mol. The maximum atomic E-state index is 13.9. The van der Waals surface area contributed by atoms with Crippen molar-refractivity contribution in [3.63, 3.8) is 0 Å². The summed E-state index contributed by atoms with van der Waals surface area (Å²) in [5, 5.41) is 0. The normalized spacial score (nSPS) is 14.8. The summed E-state index contributed by atoms with van der Waals surface area (Å²) in [5.74, 6) is 0.901. The lowest BCUT2D eigenvalue weighted by Gasteiger charge is -2.26. The first-order chi connectivity index (χ1) is 20.4. The number of ether oxygens (including phenoxy) is 3. The van der Waals surface area contributed by atoms with Crippen LogP contribution in [-0.4, -0.2) is 24.3 Å². The molecule has 1 aromatic heterocycles. The summed E-state index contributed by atoms with van der Waals surface area (Å²) < 4.78 is 20.0. The highest BCUT2D eigenvalue weighted by Crippen LogP contribution is 2.34. The van der Waals surface area contributed by atoms with Crippen LogP contribution in [0.4, 0.5) is 0 Å². The third-order valence-electron chi connectivity index (χ3n) is 6.80. The monoisotopic (exact) mass is 646 g/mol. The number of thiazole rings is 1. The van der Waals surface area contributed by atoms with Crippen LogP contribution < -0.4 is 24.4 Å². The summed E-state index contributed by atoms with van der Waals surface area (Å²) >= 11 is 4.76. The highest BCUT2D eigenvalue weighted by molar-refractivity contribution is 9.10. The molecule has 0 unspecified atom stereocenters. The van der Waals surface area contributed by atoms with Crippen LogP contribution in [0.1, 0.15) is 49.4 Å². The molecular formula is C33H31BrN2O5S. The van der Waals surface area contributed by atoms with E-state index in [1.54, 1.807) is 18.6 Å². The number of benzene rings is 3. The van der Waals surface area contributed by atoms with Crippen molar-refractivity contribution >= 4 is 39.3 Å². The van der Waals surface area contributed by atoms with Gasteiger partial charge in [0.15, 0.2) is 4.80 Å². The number of esters is 1. The van der Waals surface area contributed by atoms with Gasteiger partial charge in [0, 0.05) is 4.47 Å². The molecule has 2 heterocycles. The minimum Gasteiger partial charge on any atom is -0.497 e. The van der Waals surface area contributed by atoms with E-state index in [-0.39, 0.29) is 12.2 Å². The van der Waals surface area contributed by atoms with Gasteiger partial charge in [-0.3, -0.25) is 9.36 Å². The predicted octanol–water partition coefficient (Wildman–Crippen LogP) is 5.93. The highest BCUT2D eigenvalue weighted by Gasteiger charge is 2.34. The van der Waals surface area contributed by atoms with Crippen molar-refractivity contribution in [3.8, 4) is 11.5 Å². The molecule has 1 aliphatic rings. The molecule has 7 nitrogen and oxygen atoms in total. The van der Waals surface area contributed by atoms with Gasteiger partial charge in [-0.25, -0.2) is 9.79 Å². The third-order valence-corrected chi connectivity index (χ3v) is 8.31. The fourth-order valence-electron chi connectivity index (χ4n) is 4.81. The molecule has 0 N–H and O–H groups in total. The van der Waals surface area contributed by atoms with Crippen molar-refractivity contribution < 1.29 is 19.0 Å². The van der Waals surface area contributed by atoms with E-state index in [0.29, 0.717) is 39.4 Å². The Morgan fingerprint density at radius 1 is 1.05 bits per heavy atom. The number of nitrogens with zero attached hydrogens (tertiary/aromatic N) is 2. The molecule has 42 heavy (non-hydrogen) atoms. The molecule has 0 saturated carbocycles. The first kappa shape index (κ1) is 29.5. The van der Waals surface area contributed by atoms with Crippen LogP contribution in [0.2, 0.25) is 0 Å². The number of hydrogen-bond donors (Lipinski definition) is 0. The van der Waals surface area contributed by atoms with E-state index in [1.165, 1.54) is 11.3 Å². The zero-order valence-electron chi connectivity index (χ0n) is 23.6. The number of carbonyl (C=O) groups excluding carboxylic acids is 1. The van der Waals surface area contributed by atoms with Gasteiger partial charge < -0.3 is 14.2 Å². The second kappa shape index (κ2) is 13.4. The second-order valence-corrected chi connectivity index (χ2v) is 11.6. The Hall–Kier alpha value is -3.95. The molecule has 0 amide bonds. The maximum Gasteiger partial charge on any atom is 0.338 e. The van der Waals surface area contributed by atoms with Crippen LogP contribution >= 0.6 is 27.3 Å². The number of fused-ring (bicyclic) bond motifs is 1. The van der Waals surface area contributed by atoms with Gasteiger partial charge in [-0.05, 0) is 72.5 Å². The number of methoxy groups -OCH3 is 1. The van der Waals surface area contributed by atoms with Gasteiger partial charge >= 0.3 is 5.97 Å². The van der Waals surface area contributed by atoms with Gasteiger partial charge in [-0.15, -0.1) is 0 Å². The smallest absolute Gasteiger partial charge is 0.338 e. The Labute approximate surface area is 256 Å². The van der Waals surface area contributed by atoms with E-state index in [1.807, 2.05) is 85.8 Å². The molecule has 4 aromatic rings. The minimum absolute atomic E-state index is 0.222. The molecule has 0 radical (unpaired) electrons. The summed E-state index contributed by atoms with van der Waals surface area (Å²) in [6.45, 7) is 4.48. The number of aromatic nitrogens is 1. The number of hydrogen-bond acceptors (Lipinski definition) is 7. The Balaban J connectivity index is 1.54. The topological polar surface area (TPSA) is 79.1 Å². The number of allylic oxidation sites excluding steroid dienone is 1. The maximum absolute atomic E-state index is 13.9.